The summed E-state index contributed by atoms with van der Waals surface area (Å²) in [5.74, 6) is 0.687. The number of carbonyl (C=O) groups is 1. The zero-order valence-electron chi connectivity index (χ0n) is 15.9. The summed E-state index contributed by atoms with van der Waals surface area (Å²) < 4.78 is 0. The van der Waals surface area contributed by atoms with Gasteiger partial charge >= 0.3 is 0 Å². The first-order valence-electron chi connectivity index (χ1n) is 8.60. The van der Waals surface area contributed by atoms with Crippen molar-refractivity contribution in [2.75, 3.05) is 34.2 Å². The number of rotatable bonds is 7. The van der Waals surface area contributed by atoms with E-state index in [1.165, 1.54) is 5.56 Å². The van der Waals surface area contributed by atoms with Crippen molar-refractivity contribution in [3.05, 3.63) is 52.0 Å². The lowest BCUT2D eigenvalue weighted by Gasteiger charge is -2.22. The van der Waals surface area contributed by atoms with Crippen molar-refractivity contribution in [1.29, 1.82) is 0 Å². The summed E-state index contributed by atoms with van der Waals surface area (Å²) in [7, 11) is 5.44. The minimum atomic E-state index is -0.0229. The molecule has 1 aromatic carbocycles. The van der Waals surface area contributed by atoms with E-state index in [4.69, 9.17) is 0 Å². The molecule has 0 saturated carbocycles. The molecular formula is C19H27N5OS. The molecule has 0 aliphatic rings. The molecule has 0 fully saturated rings. The highest BCUT2D eigenvalue weighted by molar-refractivity contribution is 7.09. The average Bonchev–Trinajstić information content (AvgIpc) is 3.03. The fourth-order valence-corrected chi connectivity index (χ4v) is 2.96. The lowest BCUT2D eigenvalue weighted by Crippen LogP contribution is -2.40. The maximum atomic E-state index is 11.9. The van der Waals surface area contributed by atoms with Crippen LogP contribution in [-0.4, -0.2) is 60.9 Å². The number of aryl methyl sites for hydroxylation is 1. The molecule has 0 saturated heterocycles. The summed E-state index contributed by atoms with van der Waals surface area (Å²) in [4.78, 5) is 24.4. The molecule has 0 bridgehead atoms. The normalized spacial score (nSPS) is 11.3. The molecule has 1 N–H and O–H groups in total. The number of likely N-dealkylation sites (N-methyl/N-ethyl adjacent to an activating group) is 1. The number of aromatic nitrogens is 1. The summed E-state index contributed by atoms with van der Waals surface area (Å²) in [6.45, 7) is 3.52. The van der Waals surface area contributed by atoms with Crippen LogP contribution >= 0.6 is 11.3 Å². The predicted octanol–water partition coefficient (Wildman–Crippen LogP) is 2.16. The van der Waals surface area contributed by atoms with Gasteiger partial charge < -0.3 is 15.1 Å². The molecule has 1 heterocycles. The maximum Gasteiger partial charge on any atom is 0.243 e. The number of hydrogen-bond acceptors (Lipinski definition) is 4. The smallest absolute Gasteiger partial charge is 0.243 e. The van der Waals surface area contributed by atoms with Crippen LogP contribution in [0.2, 0.25) is 0 Å². The molecule has 2 aromatic rings. The Hall–Kier alpha value is -2.41. The van der Waals surface area contributed by atoms with Gasteiger partial charge in [0.1, 0.15) is 6.54 Å². The van der Waals surface area contributed by atoms with Crippen LogP contribution in [-0.2, 0) is 17.8 Å². The largest absolute Gasteiger partial charge is 0.356 e. The van der Waals surface area contributed by atoms with E-state index in [0.717, 1.165) is 23.7 Å². The van der Waals surface area contributed by atoms with Crippen molar-refractivity contribution in [2.45, 2.75) is 19.9 Å². The summed E-state index contributed by atoms with van der Waals surface area (Å²) in [5.41, 5.74) is 2.27. The van der Waals surface area contributed by atoms with Gasteiger partial charge in [-0.2, -0.15) is 0 Å². The molecule has 2 rings (SSSR count). The molecule has 140 valence electrons. The fraction of sp³-hybridized carbons (Fsp3) is 0.421. The minimum absolute atomic E-state index is 0.0229. The molecule has 1 aromatic heterocycles. The second-order valence-corrected chi connectivity index (χ2v) is 7.37. The first kappa shape index (κ1) is 19.9. The standard InChI is InChI=1S/C19H27N5OS/c1-15-22-17(14-26-15)13-24(4)19(21-12-18(25)23(2)3)20-11-10-16-8-6-5-7-9-16/h5-9,14H,10-13H2,1-4H3,(H,20,21). The second kappa shape index (κ2) is 9.91. The molecule has 0 radical (unpaired) electrons. The van der Waals surface area contributed by atoms with Crippen molar-refractivity contribution < 1.29 is 4.79 Å². The van der Waals surface area contributed by atoms with E-state index in [9.17, 15) is 4.79 Å². The van der Waals surface area contributed by atoms with E-state index >= 15 is 0 Å². The Morgan fingerprint density at radius 3 is 2.58 bits per heavy atom. The van der Waals surface area contributed by atoms with E-state index in [1.54, 1.807) is 30.3 Å². The molecule has 0 spiro atoms. The lowest BCUT2D eigenvalue weighted by atomic mass is 10.1. The van der Waals surface area contributed by atoms with E-state index in [2.05, 4.69) is 32.8 Å². The number of guanidine groups is 1. The van der Waals surface area contributed by atoms with Crippen molar-refractivity contribution in [3.8, 4) is 0 Å². The molecule has 0 unspecified atom stereocenters. The zero-order chi connectivity index (χ0) is 18.9. The molecule has 6 nitrogen and oxygen atoms in total. The summed E-state index contributed by atoms with van der Waals surface area (Å²) in [5, 5.41) is 6.47. The predicted molar refractivity (Wildman–Crippen MR) is 107 cm³/mol. The Labute approximate surface area is 159 Å². The molecule has 1 amide bonds. The molecule has 26 heavy (non-hydrogen) atoms. The zero-order valence-corrected chi connectivity index (χ0v) is 16.7. The molecule has 0 aliphatic heterocycles. The first-order valence-corrected chi connectivity index (χ1v) is 9.48. The Morgan fingerprint density at radius 1 is 1.23 bits per heavy atom. The second-order valence-electron chi connectivity index (χ2n) is 6.30. The Kier molecular flexibility index (Phi) is 7.59. The van der Waals surface area contributed by atoms with Crippen LogP contribution in [0.5, 0.6) is 0 Å². The van der Waals surface area contributed by atoms with Gasteiger partial charge in [-0.1, -0.05) is 30.3 Å². The van der Waals surface area contributed by atoms with Gasteiger partial charge in [0, 0.05) is 33.1 Å². The highest BCUT2D eigenvalue weighted by Gasteiger charge is 2.11. The van der Waals surface area contributed by atoms with Crippen molar-refractivity contribution in [3.63, 3.8) is 0 Å². The van der Waals surface area contributed by atoms with Crippen molar-refractivity contribution >= 4 is 23.2 Å². The van der Waals surface area contributed by atoms with Crippen LogP contribution in [0.4, 0.5) is 0 Å². The van der Waals surface area contributed by atoms with Crippen LogP contribution in [0.15, 0.2) is 40.7 Å². The Morgan fingerprint density at radius 2 is 1.96 bits per heavy atom. The number of thiazole rings is 1. The minimum Gasteiger partial charge on any atom is -0.356 e. The van der Waals surface area contributed by atoms with E-state index in [1.807, 2.05) is 37.1 Å². The van der Waals surface area contributed by atoms with Gasteiger partial charge in [0.15, 0.2) is 5.96 Å². The highest BCUT2D eigenvalue weighted by Crippen LogP contribution is 2.10. The lowest BCUT2D eigenvalue weighted by molar-refractivity contribution is -0.127. The number of hydrogen-bond donors (Lipinski definition) is 1. The molecule has 0 aliphatic carbocycles. The van der Waals surface area contributed by atoms with Gasteiger partial charge in [0.05, 0.1) is 17.2 Å². The van der Waals surface area contributed by atoms with E-state index in [0.29, 0.717) is 12.5 Å². The van der Waals surface area contributed by atoms with Crippen LogP contribution in [0.3, 0.4) is 0 Å². The average molecular weight is 374 g/mol. The molecule has 7 heteroatoms. The van der Waals surface area contributed by atoms with Gasteiger partial charge in [-0.25, -0.2) is 9.98 Å². The van der Waals surface area contributed by atoms with Gasteiger partial charge in [-0.3, -0.25) is 4.79 Å². The monoisotopic (exact) mass is 373 g/mol. The summed E-state index contributed by atoms with van der Waals surface area (Å²) in [6, 6.07) is 10.3. The third-order valence-electron chi connectivity index (χ3n) is 3.83. The van der Waals surface area contributed by atoms with Crippen LogP contribution in [0, 0.1) is 6.92 Å². The van der Waals surface area contributed by atoms with Crippen LogP contribution in [0.1, 0.15) is 16.3 Å². The van der Waals surface area contributed by atoms with Crippen LogP contribution < -0.4 is 5.32 Å². The van der Waals surface area contributed by atoms with Crippen molar-refractivity contribution in [1.82, 2.24) is 20.1 Å². The van der Waals surface area contributed by atoms with Gasteiger partial charge in [0.2, 0.25) is 5.91 Å². The number of carbonyl (C=O) groups excluding carboxylic acids is 1. The topological polar surface area (TPSA) is 60.8 Å². The van der Waals surface area contributed by atoms with Gasteiger partial charge in [0.25, 0.3) is 0 Å². The molecular weight excluding hydrogens is 346 g/mol. The number of aliphatic imine (C=N–C) groups is 1. The molecule has 0 atom stereocenters. The SMILES string of the molecule is Cc1nc(CN(C)C(=NCC(=O)N(C)C)NCCc2ccccc2)cs1. The Balaban J connectivity index is 1.99. The van der Waals surface area contributed by atoms with Gasteiger partial charge in [-0.05, 0) is 18.9 Å². The third-order valence-corrected chi connectivity index (χ3v) is 4.65. The highest BCUT2D eigenvalue weighted by atomic mass is 32.1. The third kappa shape index (κ3) is 6.48. The summed E-state index contributed by atoms with van der Waals surface area (Å²) in [6.07, 6.45) is 0.894. The van der Waals surface area contributed by atoms with Gasteiger partial charge in [-0.15, -0.1) is 11.3 Å². The maximum absolute atomic E-state index is 11.9. The van der Waals surface area contributed by atoms with E-state index < -0.39 is 0 Å². The van der Waals surface area contributed by atoms with Crippen molar-refractivity contribution in [2.24, 2.45) is 4.99 Å². The van der Waals surface area contributed by atoms with Crippen LogP contribution in [0.25, 0.3) is 0 Å². The number of nitrogens with one attached hydrogen (secondary N) is 1. The quantitative estimate of drug-likeness (QED) is 0.597. The Bertz CT molecular complexity index is 727. The van der Waals surface area contributed by atoms with E-state index in [-0.39, 0.29) is 12.5 Å². The number of benzene rings is 1. The number of nitrogens with zero attached hydrogens (tertiary/aromatic N) is 4. The first-order chi connectivity index (χ1) is 12.5. The fourth-order valence-electron chi connectivity index (χ4n) is 2.36. The summed E-state index contributed by atoms with van der Waals surface area (Å²) >= 11 is 1.64. The number of amides is 1.